The molecule has 2 fully saturated rings. The van der Waals surface area contributed by atoms with Crippen molar-refractivity contribution in [2.75, 3.05) is 11.4 Å². The minimum absolute atomic E-state index is 0.0339. The van der Waals surface area contributed by atoms with Crippen molar-refractivity contribution in [3.05, 3.63) is 28.7 Å². The quantitative estimate of drug-likeness (QED) is 0.843. The molecule has 3 nitrogen and oxygen atoms in total. The second-order valence-electron chi connectivity index (χ2n) is 4.60. The van der Waals surface area contributed by atoms with Gasteiger partial charge in [-0.1, -0.05) is 12.1 Å². The predicted molar refractivity (Wildman–Crippen MR) is 66.6 cm³/mol. The molecule has 2 amide bonds. The molecule has 1 saturated carbocycles. The fourth-order valence-corrected chi connectivity index (χ4v) is 2.96. The van der Waals surface area contributed by atoms with Gasteiger partial charge in [-0.15, -0.1) is 0 Å². The molecule has 1 aromatic carbocycles. The van der Waals surface area contributed by atoms with E-state index in [0.717, 1.165) is 29.5 Å². The number of benzene rings is 1. The van der Waals surface area contributed by atoms with Gasteiger partial charge in [-0.3, -0.25) is 4.90 Å². The number of hydrogen-bond acceptors (Lipinski definition) is 1. The van der Waals surface area contributed by atoms with Crippen LogP contribution >= 0.6 is 15.9 Å². The lowest BCUT2D eigenvalue weighted by atomic mass is 9.77. The Bertz CT molecular complexity index is 442. The van der Waals surface area contributed by atoms with E-state index in [4.69, 9.17) is 0 Å². The number of anilines is 1. The molecule has 3 rings (SSSR count). The molecule has 1 aromatic rings. The van der Waals surface area contributed by atoms with E-state index in [9.17, 15) is 4.79 Å². The third-order valence-electron chi connectivity index (χ3n) is 3.53. The molecular formula is C12H13BrN2O. The van der Waals surface area contributed by atoms with Crippen LogP contribution in [0.3, 0.4) is 0 Å². The molecule has 1 N–H and O–H groups in total. The zero-order valence-corrected chi connectivity index (χ0v) is 10.5. The van der Waals surface area contributed by atoms with Gasteiger partial charge in [0.2, 0.25) is 0 Å². The highest BCUT2D eigenvalue weighted by atomic mass is 79.9. The Morgan fingerprint density at radius 3 is 2.62 bits per heavy atom. The summed E-state index contributed by atoms with van der Waals surface area (Å²) in [5.74, 6) is 0. The summed E-state index contributed by atoms with van der Waals surface area (Å²) >= 11 is 3.49. The molecule has 16 heavy (non-hydrogen) atoms. The van der Waals surface area contributed by atoms with Gasteiger partial charge in [0.25, 0.3) is 0 Å². The number of para-hydroxylation sites is 1. The average molecular weight is 281 g/mol. The first kappa shape index (κ1) is 10.1. The van der Waals surface area contributed by atoms with Crippen molar-refractivity contribution in [1.82, 2.24) is 5.32 Å². The first-order chi connectivity index (χ1) is 7.70. The number of carbonyl (C=O) groups is 1. The summed E-state index contributed by atoms with van der Waals surface area (Å²) < 4.78 is 0.974. The van der Waals surface area contributed by atoms with Gasteiger partial charge in [0.15, 0.2) is 0 Å². The van der Waals surface area contributed by atoms with Crippen LogP contribution in [-0.4, -0.2) is 18.1 Å². The maximum Gasteiger partial charge on any atom is 0.322 e. The van der Waals surface area contributed by atoms with Crippen LogP contribution in [-0.2, 0) is 0 Å². The van der Waals surface area contributed by atoms with Gasteiger partial charge in [-0.2, -0.15) is 0 Å². The van der Waals surface area contributed by atoms with E-state index in [1.807, 2.05) is 29.2 Å². The summed E-state index contributed by atoms with van der Waals surface area (Å²) in [6.45, 7) is 0.800. The molecule has 0 radical (unpaired) electrons. The van der Waals surface area contributed by atoms with Crippen LogP contribution in [0.1, 0.15) is 19.3 Å². The molecule has 1 saturated heterocycles. The van der Waals surface area contributed by atoms with Gasteiger partial charge in [-0.05, 0) is 47.3 Å². The van der Waals surface area contributed by atoms with Crippen molar-refractivity contribution >= 4 is 27.6 Å². The van der Waals surface area contributed by atoms with Crippen LogP contribution < -0.4 is 10.2 Å². The molecule has 0 aromatic heterocycles. The van der Waals surface area contributed by atoms with Gasteiger partial charge < -0.3 is 5.32 Å². The monoisotopic (exact) mass is 280 g/mol. The topological polar surface area (TPSA) is 32.3 Å². The zero-order chi connectivity index (χ0) is 11.2. The fourth-order valence-electron chi connectivity index (χ4n) is 2.46. The van der Waals surface area contributed by atoms with E-state index in [2.05, 4.69) is 21.2 Å². The van der Waals surface area contributed by atoms with Gasteiger partial charge in [0.05, 0.1) is 17.8 Å². The van der Waals surface area contributed by atoms with Crippen LogP contribution in [0, 0.1) is 0 Å². The van der Waals surface area contributed by atoms with Gasteiger partial charge >= 0.3 is 6.03 Å². The number of nitrogens with one attached hydrogen (secondary N) is 1. The summed E-state index contributed by atoms with van der Waals surface area (Å²) in [6, 6.07) is 7.89. The number of nitrogens with zero attached hydrogens (tertiary/aromatic N) is 1. The zero-order valence-electron chi connectivity index (χ0n) is 8.87. The van der Waals surface area contributed by atoms with Crippen molar-refractivity contribution in [2.24, 2.45) is 0 Å². The van der Waals surface area contributed by atoms with Crippen molar-refractivity contribution in [2.45, 2.75) is 24.8 Å². The van der Waals surface area contributed by atoms with E-state index in [0.29, 0.717) is 0 Å². The van der Waals surface area contributed by atoms with E-state index >= 15 is 0 Å². The fraction of sp³-hybridized carbons (Fsp3) is 0.417. The number of rotatable bonds is 1. The van der Waals surface area contributed by atoms with Crippen LogP contribution in [0.2, 0.25) is 0 Å². The first-order valence-electron chi connectivity index (χ1n) is 5.54. The molecule has 2 aliphatic rings. The van der Waals surface area contributed by atoms with Crippen LogP contribution in [0.15, 0.2) is 28.7 Å². The van der Waals surface area contributed by atoms with E-state index < -0.39 is 0 Å². The van der Waals surface area contributed by atoms with Crippen LogP contribution in [0.4, 0.5) is 10.5 Å². The summed E-state index contributed by atoms with van der Waals surface area (Å²) in [6.07, 6.45) is 3.45. The molecular weight excluding hydrogens is 268 g/mol. The molecule has 84 valence electrons. The molecule has 0 atom stereocenters. The minimum Gasteiger partial charge on any atom is -0.330 e. The maximum atomic E-state index is 11.9. The Balaban J connectivity index is 1.91. The Kier molecular flexibility index (Phi) is 2.21. The maximum absolute atomic E-state index is 11.9. The van der Waals surface area contributed by atoms with Gasteiger partial charge in [-0.25, -0.2) is 4.79 Å². The second kappa shape index (κ2) is 3.48. The van der Waals surface area contributed by atoms with Crippen molar-refractivity contribution < 1.29 is 4.79 Å². The molecule has 1 spiro atoms. The highest BCUT2D eigenvalue weighted by Crippen LogP contribution is 2.39. The summed E-state index contributed by atoms with van der Waals surface area (Å²) in [7, 11) is 0. The van der Waals surface area contributed by atoms with E-state index in [-0.39, 0.29) is 11.6 Å². The first-order valence-corrected chi connectivity index (χ1v) is 6.34. The summed E-state index contributed by atoms with van der Waals surface area (Å²) in [5.41, 5.74) is 1.02. The van der Waals surface area contributed by atoms with Crippen molar-refractivity contribution in [3.8, 4) is 0 Å². The molecule has 0 bridgehead atoms. The highest BCUT2D eigenvalue weighted by molar-refractivity contribution is 9.10. The van der Waals surface area contributed by atoms with E-state index in [1.54, 1.807) is 0 Å². The van der Waals surface area contributed by atoms with E-state index in [1.165, 1.54) is 6.42 Å². The summed E-state index contributed by atoms with van der Waals surface area (Å²) in [4.78, 5) is 13.8. The van der Waals surface area contributed by atoms with Crippen molar-refractivity contribution in [3.63, 3.8) is 0 Å². The second-order valence-corrected chi connectivity index (χ2v) is 5.46. The number of halogens is 1. The Hall–Kier alpha value is -1.03. The smallest absolute Gasteiger partial charge is 0.322 e. The molecule has 1 aliphatic carbocycles. The minimum atomic E-state index is 0.0339. The largest absolute Gasteiger partial charge is 0.330 e. The van der Waals surface area contributed by atoms with Crippen molar-refractivity contribution in [1.29, 1.82) is 0 Å². The number of carbonyl (C=O) groups excluding carboxylic acids is 1. The normalized spacial score (nSPS) is 22.1. The summed E-state index contributed by atoms with van der Waals surface area (Å²) in [5, 5.41) is 3.11. The third kappa shape index (κ3) is 1.44. The lowest BCUT2D eigenvalue weighted by molar-refractivity contribution is 0.218. The number of urea groups is 1. The SMILES string of the molecule is O=C1NC2(CCC2)CN1c1ccccc1Br. The Morgan fingerprint density at radius 2 is 2.06 bits per heavy atom. The highest BCUT2D eigenvalue weighted by Gasteiger charge is 2.47. The number of hydrogen-bond donors (Lipinski definition) is 1. The Labute approximate surface area is 103 Å². The third-order valence-corrected chi connectivity index (χ3v) is 4.20. The molecule has 1 heterocycles. The molecule has 1 aliphatic heterocycles. The number of amides is 2. The molecule has 0 unspecified atom stereocenters. The standard InChI is InChI=1S/C12H13BrN2O/c13-9-4-1-2-5-10(9)15-8-12(6-3-7-12)14-11(15)16/h1-2,4-5H,3,6-8H2,(H,14,16). The lowest BCUT2D eigenvalue weighted by Crippen LogP contribution is -2.49. The van der Waals surface area contributed by atoms with Crippen LogP contribution in [0.5, 0.6) is 0 Å². The van der Waals surface area contributed by atoms with Gasteiger partial charge in [0.1, 0.15) is 0 Å². The van der Waals surface area contributed by atoms with Crippen LogP contribution in [0.25, 0.3) is 0 Å². The average Bonchev–Trinajstić information content (AvgIpc) is 2.57. The predicted octanol–water partition coefficient (Wildman–Crippen LogP) is 2.90. The van der Waals surface area contributed by atoms with Gasteiger partial charge in [0, 0.05) is 4.47 Å². The lowest BCUT2D eigenvalue weighted by Gasteiger charge is -2.37. The molecule has 4 heteroatoms. The Morgan fingerprint density at radius 1 is 1.31 bits per heavy atom.